The lowest BCUT2D eigenvalue weighted by Crippen LogP contribution is -2.50. The minimum absolute atomic E-state index is 0.186. The first-order valence-corrected chi connectivity index (χ1v) is 8.91. The summed E-state index contributed by atoms with van der Waals surface area (Å²) in [5, 5.41) is 9.19. The van der Waals surface area contributed by atoms with Gasteiger partial charge in [-0.2, -0.15) is 5.26 Å². The van der Waals surface area contributed by atoms with Crippen LogP contribution < -0.4 is 0 Å². The van der Waals surface area contributed by atoms with Crippen LogP contribution in [0.4, 0.5) is 0 Å². The highest BCUT2D eigenvalue weighted by molar-refractivity contribution is 7.99. The van der Waals surface area contributed by atoms with Crippen LogP contribution in [0.1, 0.15) is 12.0 Å². The Morgan fingerprint density at radius 1 is 1.27 bits per heavy atom. The van der Waals surface area contributed by atoms with Crippen molar-refractivity contribution in [1.82, 2.24) is 9.80 Å². The van der Waals surface area contributed by atoms with Crippen LogP contribution in [0.15, 0.2) is 24.3 Å². The zero-order valence-corrected chi connectivity index (χ0v) is 14.1. The topological polar surface area (TPSA) is 47.3 Å². The van der Waals surface area contributed by atoms with E-state index in [1.807, 2.05) is 29.2 Å². The van der Waals surface area contributed by atoms with E-state index in [0.29, 0.717) is 23.9 Å². The summed E-state index contributed by atoms with van der Waals surface area (Å²) < 4.78 is 0. The molecule has 22 heavy (non-hydrogen) atoms. The van der Waals surface area contributed by atoms with Crippen molar-refractivity contribution < 1.29 is 4.79 Å². The van der Waals surface area contributed by atoms with E-state index < -0.39 is 0 Å². The third kappa shape index (κ3) is 5.53. The summed E-state index contributed by atoms with van der Waals surface area (Å²) in [6.45, 7) is 3.77. The summed E-state index contributed by atoms with van der Waals surface area (Å²) in [5.74, 6) is 1.71. The number of halogens is 1. The highest BCUT2D eigenvalue weighted by Crippen LogP contribution is 2.14. The molecule has 1 aliphatic rings. The van der Waals surface area contributed by atoms with Crippen molar-refractivity contribution in [2.45, 2.75) is 13.0 Å². The van der Waals surface area contributed by atoms with Gasteiger partial charge in [-0.25, -0.2) is 0 Å². The number of nitrogens with zero attached hydrogens (tertiary/aromatic N) is 3. The molecule has 0 aliphatic carbocycles. The fourth-order valence-electron chi connectivity index (χ4n) is 2.43. The molecule has 0 unspecified atom stereocenters. The predicted octanol–water partition coefficient (Wildman–Crippen LogP) is 2.63. The van der Waals surface area contributed by atoms with E-state index in [0.717, 1.165) is 37.4 Å². The average Bonchev–Trinajstić information content (AvgIpc) is 2.52. The van der Waals surface area contributed by atoms with E-state index >= 15 is 0 Å². The molecular formula is C16H20ClN3OS. The Morgan fingerprint density at radius 3 is 2.73 bits per heavy atom. The summed E-state index contributed by atoms with van der Waals surface area (Å²) in [4.78, 5) is 16.3. The molecule has 0 bridgehead atoms. The number of hydrogen-bond acceptors (Lipinski definition) is 4. The lowest BCUT2D eigenvalue weighted by atomic mass is 10.2. The minimum Gasteiger partial charge on any atom is -0.336 e. The molecule has 6 heteroatoms. The van der Waals surface area contributed by atoms with Gasteiger partial charge in [0.05, 0.1) is 18.4 Å². The van der Waals surface area contributed by atoms with Crippen LogP contribution in [0.5, 0.6) is 0 Å². The van der Waals surface area contributed by atoms with Gasteiger partial charge in [-0.05, 0) is 36.4 Å². The molecule has 1 amide bonds. The molecule has 0 aromatic heterocycles. The molecule has 1 heterocycles. The van der Waals surface area contributed by atoms with Crippen molar-refractivity contribution in [1.29, 1.82) is 5.26 Å². The normalized spacial score (nSPS) is 15.8. The summed E-state index contributed by atoms with van der Waals surface area (Å²) in [6.07, 6.45) is 1.02. The van der Waals surface area contributed by atoms with E-state index in [1.54, 1.807) is 11.8 Å². The Kier molecular flexibility index (Phi) is 7.04. The summed E-state index contributed by atoms with van der Waals surface area (Å²) >= 11 is 7.53. The molecular weight excluding hydrogens is 318 g/mol. The van der Waals surface area contributed by atoms with Crippen LogP contribution in [-0.4, -0.2) is 53.4 Å². The van der Waals surface area contributed by atoms with E-state index in [1.165, 1.54) is 0 Å². The first-order chi connectivity index (χ1) is 10.7. The van der Waals surface area contributed by atoms with Crippen LogP contribution in [0.3, 0.4) is 0 Å². The van der Waals surface area contributed by atoms with Gasteiger partial charge >= 0.3 is 0 Å². The van der Waals surface area contributed by atoms with Gasteiger partial charge in [0.25, 0.3) is 0 Å². The molecule has 118 valence electrons. The van der Waals surface area contributed by atoms with Gasteiger partial charge in [-0.15, -0.1) is 11.8 Å². The summed E-state index contributed by atoms with van der Waals surface area (Å²) in [5.41, 5.74) is 1.11. The number of hydrogen-bond donors (Lipinski definition) is 0. The number of carbonyl (C=O) groups is 1. The molecule has 0 radical (unpaired) electrons. The van der Waals surface area contributed by atoms with Gasteiger partial charge in [-0.3, -0.25) is 9.69 Å². The number of thioether (sulfide) groups is 1. The van der Waals surface area contributed by atoms with Crippen molar-refractivity contribution in [3.05, 3.63) is 34.9 Å². The van der Waals surface area contributed by atoms with Crippen LogP contribution >= 0.6 is 23.4 Å². The van der Waals surface area contributed by atoms with Crippen LogP contribution in [0.2, 0.25) is 5.02 Å². The molecule has 1 aromatic carbocycles. The third-order valence-corrected chi connectivity index (χ3v) is 4.78. The SMILES string of the molecule is N#CCSCCCN1CCN(Cc2ccc(Cl)cc2)C(=O)C1. The second-order valence-corrected chi connectivity index (χ2v) is 6.82. The van der Waals surface area contributed by atoms with Gasteiger partial charge in [0.1, 0.15) is 0 Å². The van der Waals surface area contributed by atoms with Crippen LogP contribution in [0, 0.1) is 11.3 Å². The maximum absolute atomic E-state index is 12.2. The molecule has 0 saturated carbocycles. The van der Waals surface area contributed by atoms with Crippen molar-refractivity contribution in [2.24, 2.45) is 0 Å². The summed E-state index contributed by atoms with van der Waals surface area (Å²) in [7, 11) is 0. The molecule has 1 saturated heterocycles. The number of rotatable bonds is 7. The fourth-order valence-corrected chi connectivity index (χ4v) is 3.13. The van der Waals surface area contributed by atoms with Gasteiger partial charge in [0.2, 0.25) is 5.91 Å². The maximum atomic E-state index is 12.2. The second kappa shape index (κ2) is 9.04. The zero-order valence-electron chi connectivity index (χ0n) is 12.5. The fraction of sp³-hybridized carbons (Fsp3) is 0.500. The van der Waals surface area contributed by atoms with Crippen molar-refractivity contribution >= 4 is 29.3 Å². The Balaban J connectivity index is 1.72. The zero-order chi connectivity index (χ0) is 15.8. The second-order valence-electron chi connectivity index (χ2n) is 5.28. The minimum atomic E-state index is 0.186. The standard InChI is InChI=1S/C16H20ClN3OS/c17-15-4-2-14(3-5-15)12-20-9-8-19(13-16(20)21)7-1-10-22-11-6-18/h2-5H,1,7-13H2. The molecule has 0 atom stereocenters. The number of nitriles is 1. The Bertz CT molecular complexity index is 529. The van der Waals surface area contributed by atoms with Crippen molar-refractivity contribution in [3.8, 4) is 6.07 Å². The van der Waals surface area contributed by atoms with Gasteiger partial charge in [0.15, 0.2) is 0 Å². The lowest BCUT2D eigenvalue weighted by Gasteiger charge is -2.34. The Labute approximate surface area is 141 Å². The largest absolute Gasteiger partial charge is 0.336 e. The maximum Gasteiger partial charge on any atom is 0.237 e. The number of benzene rings is 1. The summed E-state index contributed by atoms with van der Waals surface area (Å²) in [6, 6.07) is 9.77. The molecule has 1 aromatic rings. The number of carbonyl (C=O) groups excluding carboxylic acids is 1. The third-order valence-electron chi connectivity index (χ3n) is 3.61. The van der Waals surface area contributed by atoms with Crippen LogP contribution in [-0.2, 0) is 11.3 Å². The first-order valence-electron chi connectivity index (χ1n) is 7.38. The predicted molar refractivity (Wildman–Crippen MR) is 90.9 cm³/mol. The van der Waals surface area contributed by atoms with Crippen molar-refractivity contribution in [2.75, 3.05) is 37.7 Å². The molecule has 0 N–H and O–H groups in total. The van der Waals surface area contributed by atoms with E-state index in [4.69, 9.17) is 16.9 Å². The molecule has 1 aliphatic heterocycles. The van der Waals surface area contributed by atoms with Crippen LogP contribution in [0.25, 0.3) is 0 Å². The quantitative estimate of drug-likeness (QED) is 0.718. The smallest absolute Gasteiger partial charge is 0.237 e. The monoisotopic (exact) mass is 337 g/mol. The highest BCUT2D eigenvalue weighted by atomic mass is 35.5. The van der Waals surface area contributed by atoms with Gasteiger partial charge < -0.3 is 4.90 Å². The van der Waals surface area contributed by atoms with E-state index in [2.05, 4.69) is 11.0 Å². The Morgan fingerprint density at radius 2 is 2.05 bits per heavy atom. The van der Waals surface area contributed by atoms with E-state index in [-0.39, 0.29) is 5.91 Å². The van der Waals surface area contributed by atoms with Gasteiger partial charge in [-0.1, -0.05) is 23.7 Å². The molecule has 2 rings (SSSR count). The average molecular weight is 338 g/mol. The first kappa shape index (κ1) is 17.1. The number of piperazine rings is 1. The molecule has 1 fully saturated rings. The Hall–Kier alpha value is -1.22. The number of amides is 1. The highest BCUT2D eigenvalue weighted by Gasteiger charge is 2.23. The van der Waals surface area contributed by atoms with Gasteiger partial charge in [0, 0.05) is 24.7 Å². The van der Waals surface area contributed by atoms with E-state index in [9.17, 15) is 4.79 Å². The lowest BCUT2D eigenvalue weighted by molar-refractivity contribution is -0.136. The molecule has 0 spiro atoms. The van der Waals surface area contributed by atoms with Crippen molar-refractivity contribution in [3.63, 3.8) is 0 Å². The molecule has 4 nitrogen and oxygen atoms in total.